The number of amides is 2. The van der Waals surface area contributed by atoms with E-state index in [-0.39, 0.29) is 23.3 Å². The third kappa shape index (κ3) is 3.31. The first-order chi connectivity index (χ1) is 13.3. The van der Waals surface area contributed by atoms with Crippen LogP contribution < -0.4 is 16.2 Å². The monoisotopic (exact) mass is 396 g/mol. The van der Waals surface area contributed by atoms with E-state index >= 15 is 0 Å². The number of anilines is 2. The number of carbonyl (C=O) groups excluding carboxylic acids is 2. The van der Waals surface area contributed by atoms with Crippen LogP contribution in [0.4, 0.5) is 11.4 Å². The van der Waals surface area contributed by atoms with Crippen molar-refractivity contribution >= 4 is 44.7 Å². The molecule has 144 valence electrons. The second-order valence-corrected chi connectivity index (χ2v) is 8.14. The maximum atomic E-state index is 12.9. The summed E-state index contributed by atoms with van der Waals surface area (Å²) in [6.07, 6.45) is 3.32. The van der Waals surface area contributed by atoms with E-state index in [9.17, 15) is 14.4 Å². The molecule has 3 aromatic rings. The molecule has 0 atom stereocenters. The number of rotatable bonds is 4. The van der Waals surface area contributed by atoms with Crippen LogP contribution in [0.3, 0.4) is 0 Å². The van der Waals surface area contributed by atoms with Crippen molar-refractivity contribution in [2.24, 2.45) is 13.0 Å². The summed E-state index contributed by atoms with van der Waals surface area (Å²) in [5.74, 6) is -0.171. The molecule has 0 radical (unpaired) electrons. The van der Waals surface area contributed by atoms with Gasteiger partial charge in [0.2, 0.25) is 5.91 Å². The molecule has 0 saturated heterocycles. The Morgan fingerprint density at radius 3 is 2.68 bits per heavy atom. The molecule has 1 aliphatic carbocycles. The molecule has 1 aromatic carbocycles. The van der Waals surface area contributed by atoms with Gasteiger partial charge in [-0.2, -0.15) is 0 Å². The summed E-state index contributed by atoms with van der Waals surface area (Å²) < 4.78 is 1.40. The van der Waals surface area contributed by atoms with Crippen molar-refractivity contribution in [2.75, 3.05) is 10.6 Å². The van der Waals surface area contributed by atoms with Crippen molar-refractivity contribution in [2.45, 2.75) is 26.7 Å². The summed E-state index contributed by atoms with van der Waals surface area (Å²) in [5.41, 5.74) is 2.61. The zero-order valence-electron chi connectivity index (χ0n) is 15.8. The summed E-state index contributed by atoms with van der Waals surface area (Å²) in [4.78, 5) is 42.5. The van der Waals surface area contributed by atoms with Crippen LogP contribution in [0.2, 0.25) is 0 Å². The van der Waals surface area contributed by atoms with Gasteiger partial charge < -0.3 is 15.2 Å². The lowest BCUT2D eigenvalue weighted by Crippen LogP contribution is -2.17. The van der Waals surface area contributed by atoms with Gasteiger partial charge in [-0.15, -0.1) is 11.3 Å². The average Bonchev–Trinajstić information content (AvgIpc) is 3.45. The molecule has 2 aromatic heterocycles. The van der Waals surface area contributed by atoms with Crippen molar-refractivity contribution in [3.8, 4) is 0 Å². The van der Waals surface area contributed by atoms with Crippen molar-refractivity contribution in [3.63, 3.8) is 0 Å². The van der Waals surface area contributed by atoms with Gasteiger partial charge in [-0.3, -0.25) is 14.4 Å². The first kappa shape index (κ1) is 18.4. The fourth-order valence-electron chi connectivity index (χ4n) is 3.03. The van der Waals surface area contributed by atoms with E-state index < -0.39 is 0 Å². The Balaban J connectivity index is 1.62. The Kier molecular flexibility index (Phi) is 4.50. The van der Waals surface area contributed by atoms with E-state index in [1.54, 1.807) is 20.0 Å². The fraction of sp³-hybridized carbons (Fsp3) is 0.300. The van der Waals surface area contributed by atoms with Crippen LogP contribution in [0.25, 0.3) is 10.2 Å². The van der Waals surface area contributed by atoms with Gasteiger partial charge in [-0.25, -0.2) is 4.98 Å². The number of aryl methyl sites for hydroxylation is 3. The van der Waals surface area contributed by atoms with Crippen molar-refractivity contribution in [1.29, 1.82) is 0 Å². The summed E-state index contributed by atoms with van der Waals surface area (Å²) >= 11 is 1.20. The molecular formula is C20H20N4O3S. The van der Waals surface area contributed by atoms with Crippen LogP contribution in [0, 0.1) is 19.8 Å². The van der Waals surface area contributed by atoms with E-state index in [0.717, 1.165) is 18.4 Å². The summed E-state index contributed by atoms with van der Waals surface area (Å²) in [5, 5.41) is 6.27. The van der Waals surface area contributed by atoms with Gasteiger partial charge in [0.1, 0.15) is 4.83 Å². The quantitative estimate of drug-likeness (QED) is 0.708. The molecule has 8 heteroatoms. The number of nitrogens with one attached hydrogen (secondary N) is 2. The van der Waals surface area contributed by atoms with Crippen LogP contribution in [0.15, 0.2) is 29.3 Å². The van der Waals surface area contributed by atoms with E-state index in [0.29, 0.717) is 32.0 Å². The zero-order chi connectivity index (χ0) is 20.0. The van der Waals surface area contributed by atoms with E-state index in [2.05, 4.69) is 15.6 Å². The highest BCUT2D eigenvalue weighted by Gasteiger charge is 2.29. The minimum Gasteiger partial charge on any atom is -0.326 e. The summed E-state index contributed by atoms with van der Waals surface area (Å²) in [7, 11) is 1.64. The summed E-state index contributed by atoms with van der Waals surface area (Å²) in [6, 6.07) is 5.43. The largest absolute Gasteiger partial charge is 0.326 e. The van der Waals surface area contributed by atoms with Gasteiger partial charge in [-0.05, 0) is 49.9 Å². The number of thiophene rings is 1. The molecule has 2 amide bonds. The van der Waals surface area contributed by atoms with Gasteiger partial charge in [-0.1, -0.05) is 6.07 Å². The molecule has 2 heterocycles. The molecule has 1 aliphatic rings. The molecule has 28 heavy (non-hydrogen) atoms. The molecular weight excluding hydrogens is 376 g/mol. The number of carbonyl (C=O) groups is 2. The smallest absolute Gasteiger partial charge is 0.266 e. The predicted octanol–water partition coefficient (Wildman–Crippen LogP) is 3.21. The maximum Gasteiger partial charge on any atom is 0.266 e. The standard InChI is InChI=1S/C20H20N4O3S/c1-10-4-7-13(22-17(25)12-5-6-12)8-14(10)23-18(26)16-11(2)15-19(28-16)21-9-24(3)20(15)27/h4,7-9,12H,5-6H2,1-3H3,(H,22,25)(H,23,26). The molecule has 0 aliphatic heterocycles. The van der Waals surface area contributed by atoms with Crippen LogP contribution >= 0.6 is 11.3 Å². The number of fused-ring (bicyclic) bond motifs is 1. The van der Waals surface area contributed by atoms with Crippen molar-refractivity contribution in [1.82, 2.24) is 9.55 Å². The molecule has 0 bridgehead atoms. The Morgan fingerprint density at radius 2 is 1.96 bits per heavy atom. The minimum absolute atomic E-state index is 0.0170. The van der Waals surface area contributed by atoms with Crippen molar-refractivity contribution in [3.05, 3.63) is 50.9 Å². The van der Waals surface area contributed by atoms with E-state index in [1.165, 1.54) is 22.2 Å². The van der Waals surface area contributed by atoms with Gasteiger partial charge in [0, 0.05) is 24.3 Å². The first-order valence-electron chi connectivity index (χ1n) is 9.02. The second kappa shape index (κ2) is 6.87. The first-order valence-corrected chi connectivity index (χ1v) is 9.84. The molecule has 1 saturated carbocycles. The SMILES string of the molecule is Cc1ccc(NC(=O)C2CC2)cc1NC(=O)c1sc2ncn(C)c(=O)c2c1C. The molecule has 4 rings (SSSR count). The highest BCUT2D eigenvalue weighted by atomic mass is 32.1. The third-order valence-electron chi connectivity index (χ3n) is 4.92. The zero-order valence-corrected chi connectivity index (χ0v) is 16.6. The highest BCUT2D eigenvalue weighted by molar-refractivity contribution is 7.20. The van der Waals surface area contributed by atoms with Gasteiger partial charge in [0.15, 0.2) is 0 Å². The Morgan fingerprint density at radius 1 is 1.21 bits per heavy atom. The van der Waals surface area contributed by atoms with Crippen LogP contribution in [-0.4, -0.2) is 21.4 Å². The predicted molar refractivity (Wildman–Crippen MR) is 110 cm³/mol. The molecule has 7 nitrogen and oxygen atoms in total. The van der Waals surface area contributed by atoms with Crippen LogP contribution in [0.5, 0.6) is 0 Å². The molecule has 0 spiro atoms. The normalized spacial score (nSPS) is 13.5. The van der Waals surface area contributed by atoms with Crippen molar-refractivity contribution < 1.29 is 9.59 Å². The molecule has 0 unspecified atom stereocenters. The van der Waals surface area contributed by atoms with Crippen LogP contribution in [0.1, 0.15) is 33.6 Å². The van der Waals surface area contributed by atoms with Crippen LogP contribution in [-0.2, 0) is 11.8 Å². The number of nitrogens with zero attached hydrogens (tertiary/aromatic N) is 2. The topological polar surface area (TPSA) is 93.1 Å². The molecule has 1 fully saturated rings. The number of hydrogen-bond donors (Lipinski definition) is 2. The highest BCUT2D eigenvalue weighted by Crippen LogP contribution is 2.31. The number of aromatic nitrogens is 2. The van der Waals surface area contributed by atoms with Gasteiger partial charge >= 0.3 is 0 Å². The lowest BCUT2D eigenvalue weighted by Gasteiger charge is -2.11. The molecule has 2 N–H and O–H groups in total. The Bertz CT molecular complexity index is 1170. The maximum absolute atomic E-state index is 12.9. The summed E-state index contributed by atoms with van der Waals surface area (Å²) in [6.45, 7) is 3.65. The second-order valence-electron chi connectivity index (χ2n) is 7.14. The lowest BCUT2D eigenvalue weighted by atomic mass is 10.1. The number of benzene rings is 1. The lowest BCUT2D eigenvalue weighted by molar-refractivity contribution is -0.117. The number of hydrogen-bond acceptors (Lipinski definition) is 5. The van der Waals surface area contributed by atoms with E-state index in [4.69, 9.17) is 0 Å². The minimum atomic E-state index is -0.295. The fourth-order valence-corrected chi connectivity index (χ4v) is 4.06. The van der Waals surface area contributed by atoms with E-state index in [1.807, 2.05) is 19.1 Å². The van der Waals surface area contributed by atoms with Gasteiger partial charge in [0.25, 0.3) is 11.5 Å². The Hall–Kier alpha value is -3.00. The van der Waals surface area contributed by atoms with Gasteiger partial charge in [0.05, 0.1) is 16.6 Å². The average molecular weight is 396 g/mol. The Labute approximate surface area is 165 Å². The third-order valence-corrected chi connectivity index (χ3v) is 6.12.